The van der Waals surface area contributed by atoms with Crippen molar-refractivity contribution in [3.8, 4) is 0 Å². The molecule has 0 spiro atoms. The third kappa shape index (κ3) is 1.94. The van der Waals surface area contributed by atoms with Gasteiger partial charge in [0.15, 0.2) is 0 Å². The normalized spacial score (nSPS) is 15.7. The number of aryl methyl sites for hydroxylation is 1. The number of rotatable bonds is 2. The molecule has 0 bridgehead atoms. The summed E-state index contributed by atoms with van der Waals surface area (Å²) in [7, 11) is 1.76. The van der Waals surface area contributed by atoms with E-state index in [1.807, 2.05) is 31.2 Å². The van der Waals surface area contributed by atoms with Crippen LogP contribution in [0, 0.1) is 6.92 Å². The minimum atomic E-state index is -0.792. The van der Waals surface area contributed by atoms with Gasteiger partial charge in [-0.3, -0.25) is 4.79 Å². The minimum absolute atomic E-state index is 0.0792. The van der Waals surface area contributed by atoms with Gasteiger partial charge in [-0.1, -0.05) is 12.1 Å². The maximum Gasteiger partial charge on any atom is 0.231 e. The summed E-state index contributed by atoms with van der Waals surface area (Å²) < 4.78 is 5.43. The van der Waals surface area contributed by atoms with E-state index in [9.17, 15) is 9.90 Å². The number of nitrogens with zero attached hydrogens (tertiary/aromatic N) is 1. The molecule has 0 fully saturated rings. The fraction of sp³-hybridized carbons (Fsp3) is 0.267. The van der Waals surface area contributed by atoms with Gasteiger partial charge in [-0.05, 0) is 36.2 Å². The van der Waals surface area contributed by atoms with Crippen LogP contribution in [0.2, 0.25) is 0 Å². The molecule has 2 heterocycles. The number of aliphatic hydroxyl groups is 1. The highest BCUT2D eigenvalue weighted by molar-refractivity contribution is 6.00. The molecule has 0 radical (unpaired) electrons. The average Bonchev–Trinajstić information content (AvgIpc) is 2.94. The molecular weight excluding hydrogens is 242 g/mol. The molecule has 0 saturated heterocycles. The Morgan fingerprint density at radius 1 is 1.32 bits per heavy atom. The molecule has 2 aromatic rings. The summed E-state index contributed by atoms with van der Waals surface area (Å²) in [5, 5.41) is 10.3. The molecule has 1 aliphatic heterocycles. The van der Waals surface area contributed by atoms with Gasteiger partial charge in [-0.2, -0.15) is 0 Å². The summed E-state index contributed by atoms with van der Waals surface area (Å²) in [6, 6.07) is 9.16. The van der Waals surface area contributed by atoms with Crippen molar-refractivity contribution in [2.45, 2.75) is 19.4 Å². The molecule has 1 N–H and O–H groups in total. The number of benzene rings is 1. The van der Waals surface area contributed by atoms with E-state index >= 15 is 0 Å². The van der Waals surface area contributed by atoms with Crippen LogP contribution in [0.4, 0.5) is 5.69 Å². The fourth-order valence-electron chi connectivity index (χ4n) is 2.42. The number of furan rings is 1. The molecule has 3 rings (SSSR count). The molecule has 98 valence electrons. The Hall–Kier alpha value is -2.07. The number of fused-ring (bicyclic) bond motifs is 1. The van der Waals surface area contributed by atoms with Crippen LogP contribution in [0.1, 0.15) is 28.8 Å². The zero-order valence-corrected chi connectivity index (χ0v) is 10.9. The molecule has 1 atom stereocenters. The second kappa shape index (κ2) is 4.24. The Labute approximate surface area is 111 Å². The van der Waals surface area contributed by atoms with Crippen molar-refractivity contribution in [1.82, 2.24) is 0 Å². The zero-order chi connectivity index (χ0) is 13.6. The average molecular weight is 257 g/mol. The van der Waals surface area contributed by atoms with Crippen molar-refractivity contribution in [2.75, 3.05) is 11.9 Å². The van der Waals surface area contributed by atoms with Gasteiger partial charge in [0.25, 0.3) is 0 Å². The van der Waals surface area contributed by atoms with Crippen LogP contribution >= 0.6 is 0 Å². The summed E-state index contributed by atoms with van der Waals surface area (Å²) >= 11 is 0. The summed E-state index contributed by atoms with van der Waals surface area (Å²) in [6.07, 6.45) is -0.399. The molecule has 4 nitrogen and oxygen atoms in total. The highest BCUT2D eigenvalue weighted by Gasteiger charge is 2.25. The molecule has 0 saturated carbocycles. The van der Waals surface area contributed by atoms with E-state index in [1.165, 1.54) is 0 Å². The first-order valence-electron chi connectivity index (χ1n) is 6.20. The lowest BCUT2D eigenvalue weighted by Gasteiger charge is -2.12. The lowest BCUT2D eigenvalue weighted by molar-refractivity contribution is -0.117. The number of carbonyl (C=O) groups excluding carboxylic acids is 1. The molecular formula is C15H15NO3. The SMILES string of the molecule is Cc1ccc(C(O)c2ccc3c(c2)CC(=O)N3C)o1. The highest BCUT2D eigenvalue weighted by Crippen LogP contribution is 2.32. The van der Waals surface area contributed by atoms with Crippen LogP contribution in [0.3, 0.4) is 0 Å². The van der Waals surface area contributed by atoms with Crippen molar-refractivity contribution < 1.29 is 14.3 Å². The van der Waals surface area contributed by atoms with Gasteiger partial charge in [0.05, 0.1) is 6.42 Å². The lowest BCUT2D eigenvalue weighted by Crippen LogP contribution is -2.20. The fourth-order valence-corrected chi connectivity index (χ4v) is 2.42. The van der Waals surface area contributed by atoms with E-state index in [0.29, 0.717) is 12.2 Å². The maximum absolute atomic E-state index is 11.6. The van der Waals surface area contributed by atoms with Crippen molar-refractivity contribution in [2.24, 2.45) is 0 Å². The molecule has 1 aliphatic rings. The van der Waals surface area contributed by atoms with Gasteiger partial charge in [0.1, 0.15) is 17.6 Å². The monoisotopic (exact) mass is 257 g/mol. The Kier molecular flexibility index (Phi) is 2.68. The zero-order valence-electron chi connectivity index (χ0n) is 10.9. The van der Waals surface area contributed by atoms with Crippen LogP contribution in [0.15, 0.2) is 34.7 Å². The third-order valence-corrected chi connectivity index (χ3v) is 3.53. The van der Waals surface area contributed by atoms with Crippen LogP contribution in [0.5, 0.6) is 0 Å². The Balaban J connectivity index is 1.95. The first-order valence-corrected chi connectivity index (χ1v) is 6.20. The standard InChI is InChI=1S/C15H15NO3/c1-9-3-6-13(19-9)15(18)10-4-5-12-11(7-10)8-14(17)16(12)2/h3-7,15,18H,8H2,1-2H3. The maximum atomic E-state index is 11.6. The summed E-state index contributed by atoms with van der Waals surface area (Å²) in [6.45, 7) is 1.84. The summed E-state index contributed by atoms with van der Waals surface area (Å²) in [5.74, 6) is 1.37. The number of aliphatic hydroxyl groups excluding tert-OH is 1. The summed E-state index contributed by atoms with van der Waals surface area (Å²) in [5.41, 5.74) is 2.61. The quantitative estimate of drug-likeness (QED) is 0.897. The lowest BCUT2D eigenvalue weighted by atomic mass is 10.0. The number of amides is 1. The predicted octanol–water partition coefficient (Wildman–Crippen LogP) is 2.19. The van der Waals surface area contributed by atoms with E-state index in [0.717, 1.165) is 22.6 Å². The molecule has 1 unspecified atom stereocenters. The molecule has 19 heavy (non-hydrogen) atoms. The van der Waals surface area contributed by atoms with Gasteiger partial charge in [-0.25, -0.2) is 0 Å². The molecule has 1 amide bonds. The van der Waals surface area contributed by atoms with Gasteiger partial charge in [-0.15, -0.1) is 0 Å². The first-order chi connectivity index (χ1) is 9.06. The van der Waals surface area contributed by atoms with E-state index in [1.54, 1.807) is 18.0 Å². The van der Waals surface area contributed by atoms with Crippen molar-refractivity contribution in [3.05, 3.63) is 53.0 Å². The predicted molar refractivity (Wildman–Crippen MR) is 71.1 cm³/mol. The number of hydrogen-bond donors (Lipinski definition) is 1. The third-order valence-electron chi connectivity index (χ3n) is 3.53. The smallest absolute Gasteiger partial charge is 0.231 e. The largest absolute Gasteiger partial charge is 0.463 e. The van der Waals surface area contributed by atoms with Crippen LogP contribution in [-0.2, 0) is 11.2 Å². The Bertz CT molecular complexity index is 645. The molecule has 4 heteroatoms. The highest BCUT2D eigenvalue weighted by atomic mass is 16.4. The Morgan fingerprint density at radius 2 is 2.11 bits per heavy atom. The summed E-state index contributed by atoms with van der Waals surface area (Å²) in [4.78, 5) is 13.3. The van der Waals surface area contributed by atoms with Crippen LogP contribution in [0.25, 0.3) is 0 Å². The van der Waals surface area contributed by atoms with Gasteiger partial charge in [0.2, 0.25) is 5.91 Å². The second-order valence-corrected chi connectivity index (χ2v) is 4.87. The van der Waals surface area contributed by atoms with E-state index in [2.05, 4.69) is 0 Å². The molecule has 1 aromatic heterocycles. The topological polar surface area (TPSA) is 53.7 Å². The van der Waals surface area contributed by atoms with Gasteiger partial charge in [0, 0.05) is 12.7 Å². The molecule has 1 aromatic carbocycles. The number of hydrogen-bond acceptors (Lipinski definition) is 3. The second-order valence-electron chi connectivity index (χ2n) is 4.87. The van der Waals surface area contributed by atoms with Crippen LogP contribution in [-0.4, -0.2) is 18.1 Å². The van der Waals surface area contributed by atoms with Crippen molar-refractivity contribution in [1.29, 1.82) is 0 Å². The number of carbonyl (C=O) groups is 1. The Morgan fingerprint density at radius 3 is 2.79 bits per heavy atom. The number of likely N-dealkylation sites (N-methyl/N-ethyl adjacent to an activating group) is 1. The van der Waals surface area contributed by atoms with Crippen molar-refractivity contribution >= 4 is 11.6 Å². The minimum Gasteiger partial charge on any atom is -0.463 e. The first kappa shape index (κ1) is 12.0. The van der Waals surface area contributed by atoms with Crippen LogP contribution < -0.4 is 4.90 Å². The van der Waals surface area contributed by atoms with E-state index in [-0.39, 0.29) is 5.91 Å². The van der Waals surface area contributed by atoms with Gasteiger partial charge >= 0.3 is 0 Å². The van der Waals surface area contributed by atoms with Crippen molar-refractivity contribution in [3.63, 3.8) is 0 Å². The van der Waals surface area contributed by atoms with Gasteiger partial charge < -0.3 is 14.4 Å². The molecule has 0 aliphatic carbocycles. The van der Waals surface area contributed by atoms with E-state index < -0.39 is 6.10 Å². The number of anilines is 1. The van der Waals surface area contributed by atoms with E-state index in [4.69, 9.17) is 4.42 Å².